The largest absolute Gasteiger partial charge is 0.272 e. The Bertz CT molecular complexity index is 497. The molecule has 0 aliphatic heterocycles. The summed E-state index contributed by atoms with van der Waals surface area (Å²) >= 11 is 1.33. The van der Waals surface area contributed by atoms with E-state index in [9.17, 15) is 4.79 Å². The third-order valence-corrected chi connectivity index (χ3v) is 3.91. The van der Waals surface area contributed by atoms with E-state index in [1.165, 1.54) is 31.0 Å². The molecular formula is C16H26N4OS. The zero-order valence-corrected chi connectivity index (χ0v) is 14.8. The minimum absolute atomic E-state index is 0.124. The van der Waals surface area contributed by atoms with Gasteiger partial charge in [-0.1, -0.05) is 37.9 Å². The summed E-state index contributed by atoms with van der Waals surface area (Å²) in [4.78, 5) is 20.4. The minimum atomic E-state index is -0.124. The van der Waals surface area contributed by atoms with E-state index in [0.717, 1.165) is 29.9 Å². The van der Waals surface area contributed by atoms with E-state index in [0.29, 0.717) is 5.16 Å². The molecule has 0 fully saturated rings. The number of carbonyl (C=O) groups excluding carboxylic acids is 1. The van der Waals surface area contributed by atoms with Crippen LogP contribution in [0.3, 0.4) is 0 Å². The molecule has 0 aliphatic rings. The van der Waals surface area contributed by atoms with Crippen LogP contribution in [-0.4, -0.2) is 27.3 Å². The quantitative estimate of drug-likeness (QED) is 0.248. The van der Waals surface area contributed by atoms with Gasteiger partial charge < -0.3 is 0 Å². The Kier molecular flexibility index (Phi) is 8.74. The maximum atomic E-state index is 11.8. The van der Waals surface area contributed by atoms with Crippen LogP contribution in [0.4, 0.5) is 0 Å². The van der Waals surface area contributed by atoms with E-state index < -0.39 is 0 Å². The molecule has 6 heteroatoms. The summed E-state index contributed by atoms with van der Waals surface area (Å²) in [6, 6.07) is 1.91. The van der Waals surface area contributed by atoms with Gasteiger partial charge in [0.05, 0.1) is 5.75 Å². The van der Waals surface area contributed by atoms with Crippen LogP contribution in [0, 0.1) is 13.8 Å². The van der Waals surface area contributed by atoms with Gasteiger partial charge in [-0.2, -0.15) is 5.10 Å². The van der Waals surface area contributed by atoms with Gasteiger partial charge in [0.25, 0.3) is 5.91 Å². The first-order valence-corrected chi connectivity index (χ1v) is 8.77. The summed E-state index contributed by atoms with van der Waals surface area (Å²) in [7, 11) is 0. The minimum Gasteiger partial charge on any atom is -0.272 e. The molecule has 0 spiro atoms. The number of carbonyl (C=O) groups is 1. The number of rotatable bonds is 9. The Labute approximate surface area is 137 Å². The molecule has 122 valence electrons. The average Bonchev–Trinajstić information content (AvgIpc) is 2.46. The van der Waals surface area contributed by atoms with Gasteiger partial charge in [0.15, 0.2) is 5.16 Å². The van der Waals surface area contributed by atoms with Crippen LogP contribution in [0.2, 0.25) is 0 Å². The van der Waals surface area contributed by atoms with Crippen molar-refractivity contribution in [2.45, 2.75) is 65.0 Å². The number of unbranched alkanes of at least 4 members (excludes halogenated alkanes) is 3. The highest BCUT2D eigenvalue weighted by atomic mass is 32.2. The molecule has 22 heavy (non-hydrogen) atoms. The second-order valence-corrected chi connectivity index (χ2v) is 6.36. The van der Waals surface area contributed by atoms with Crippen LogP contribution in [0.15, 0.2) is 16.3 Å². The van der Waals surface area contributed by atoms with Gasteiger partial charge in [0.2, 0.25) is 0 Å². The summed E-state index contributed by atoms with van der Waals surface area (Å²) in [5.41, 5.74) is 5.39. The Morgan fingerprint density at radius 1 is 1.23 bits per heavy atom. The molecule has 0 saturated heterocycles. The van der Waals surface area contributed by atoms with E-state index in [-0.39, 0.29) is 11.7 Å². The van der Waals surface area contributed by atoms with Crippen LogP contribution in [0.5, 0.6) is 0 Å². The van der Waals surface area contributed by atoms with Crippen molar-refractivity contribution in [3.63, 3.8) is 0 Å². The van der Waals surface area contributed by atoms with E-state index in [1.807, 2.05) is 26.8 Å². The molecule has 1 heterocycles. The number of aryl methyl sites for hydroxylation is 2. The summed E-state index contributed by atoms with van der Waals surface area (Å²) in [6.07, 6.45) is 5.77. The molecule has 5 nitrogen and oxygen atoms in total. The lowest BCUT2D eigenvalue weighted by Gasteiger charge is -2.04. The van der Waals surface area contributed by atoms with E-state index >= 15 is 0 Å². The number of hydrogen-bond donors (Lipinski definition) is 1. The van der Waals surface area contributed by atoms with Crippen molar-refractivity contribution in [2.24, 2.45) is 5.10 Å². The SMILES string of the molecule is CCCCCC/C(C)=N/NC(=O)CSc1nc(C)cc(C)n1. The topological polar surface area (TPSA) is 67.2 Å². The van der Waals surface area contributed by atoms with E-state index in [4.69, 9.17) is 0 Å². The second kappa shape index (κ2) is 10.3. The van der Waals surface area contributed by atoms with Crippen molar-refractivity contribution in [1.82, 2.24) is 15.4 Å². The van der Waals surface area contributed by atoms with Gasteiger partial charge in [-0.3, -0.25) is 4.79 Å². The summed E-state index contributed by atoms with van der Waals surface area (Å²) in [5.74, 6) is 0.149. The number of hydrazone groups is 1. The number of amides is 1. The van der Waals surface area contributed by atoms with Gasteiger partial charge in [-0.25, -0.2) is 15.4 Å². The normalized spacial score (nSPS) is 11.5. The molecule has 1 aromatic rings. The molecule has 1 amide bonds. The smallest absolute Gasteiger partial charge is 0.250 e. The molecule has 0 atom stereocenters. The lowest BCUT2D eigenvalue weighted by molar-refractivity contribution is -0.118. The monoisotopic (exact) mass is 322 g/mol. The highest BCUT2D eigenvalue weighted by Crippen LogP contribution is 2.13. The van der Waals surface area contributed by atoms with Crippen molar-refractivity contribution in [3.8, 4) is 0 Å². The Balaban J connectivity index is 2.30. The zero-order valence-electron chi connectivity index (χ0n) is 14.0. The van der Waals surface area contributed by atoms with Crippen LogP contribution in [0.25, 0.3) is 0 Å². The van der Waals surface area contributed by atoms with Crippen molar-refractivity contribution >= 4 is 23.4 Å². The Hall–Kier alpha value is -1.43. The standard InChI is InChI=1S/C16H26N4OS/c1-5-6-7-8-9-12(2)19-20-15(21)11-22-16-17-13(3)10-14(4)18-16/h10H,5-9,11H2,1-4H3,(H,20,21)/b19-12+. The first-order chi connectivity index (χ1) is 10.5. The molecular weight excluding hydrogens is 296 g/mol. The van der Waals surface area contributed by atoms with Crippen LogP contribution in [-0.2, 0) is 4.79 Å². The fraction of sp³-hybridized carbons (Fsp3) is 0.625. The molecule has 1 aromatic heterocycles. The lowest BCUT2D eigenvalue weighted by Crippen LogP contribution is -2.21. The third-order valence-electron chi connectivity index (χ3n) is 3.06. The molecule has 0 bridgehead atoms. The maximum Gasteiger partial charge on any atom is 0.250 e. The van der Waals surface area contributed by atoms with E-state index in [1.54, 1.807) is 0 Å². The molecule has 0 radical (unpaired) electrons. The molecule has 1 N–H and O–H groups in total. The fourth-order valence-corrected chi connectivity index (χ4v) is 2.68. The number of hydrogen-bond acceptors (Lipinski definition) is 5. The Morgan fingerprint density at radius 2 is 1.91 bits per heavy atom. The van der Waals surface area contributed by atoms with Crippen LogP contribution in [0.1, 0.15) is 57.3 Å². The predicted molar refractivity (Wildman–Crippen MR) is 92.2 cm³/mol. The maximum absolute atomic E-state index is 11.8. The van der Waals surface area contributed by atoms with E-state index in [2.05, 4.69) is 27.4 Å². The lowest BCUT2D eigenvalue weighted by atomic mass is 10.1. The summed E-state index contributed by atoms with van der Waals surface area (Å²) < 4.78 is 0. The van der Waals surface area contributed by atoms with Crippen molar-refractivity contribution in [2.75, 3.05) is 5.75 Å². The zero-order chi connectivity index (χ0) is 16.4. The highest BCUT2D eigenvalue weighted by molar-refractivity contribution is 7.99. The first kappa shape index (κ1) is 18.6. The van der Waals surface area contributed by atoms with Gasteiger partial charge in [-0.05, 0) is 39.7 Å². The average molecular weight is 322 g/mol. The van der Waals surface area contributed by atoms with Crippen molar-refractivity contribution < 1.29 is 4.79 Å². The van der Waals surface area contributed by atoms with Gasteiger partial charge in [0.1, 0.15) is 0 Å². The summed E-state index contributed by atoms with van der Waals surface area (Å²) in [6.45, 7) is 7.99. The van der Waals surface area contributed by atoms with Crippen molar-refractivity contribution in [1.29, 1.82) is 0 Å². The highest BCUT2D eigenvalue weighted by Gasteiger charge is 2.05. The molecule has 0 unspecified atom stereocenters. The second-order valence-electron chi connectivity index (χ2n) is 5.41. The number of aromatic nitrogens is 2. The Morgan fingerprint density at radius 3 is 2.55 bits per heavy atom. The number of thioether (sulfide) groups is 1. The molecule has 0 saturated carbocycles. The van der Waals surface area contributed by atoms with Crippen LogP contribution >= 0.6 is 11.8 Å². The molecule has 0 aromatic carbocycles. The van der Waals surface area contributed by atoms with Crippen molar-refractivity contribution in [3.05, 3.63) is 17.5 Å². The number of nitrogens with zero attached hydrogens (tertiary/aromatic N) is 3. The third kappa shape index (κ3) is 8.12. The predicted octanol–water partition coefficient (Wildman–Crippen LogP) is 3.65. The fourth-order valence-electron chi connectivity index (χ4n) is 1.94. The molecule has 1 rings (SSSR count). The first-order valence-electron chi connectivity index (χ1n) is 7.78. The van der Waals surface area contributed by atoms with Gasteiger partial charge in [-0.15, -0.1) is 0 Å². The van der Waals surface area contributed by atoms with Gasteiger partial charge >= 0.3 is 0 Å². The molecule has 0 aliphatic carbocycles. The summed E-state index contributed by atoms with van der Waals surface area (Å²) in [5, 5.41) is 4.76. The van der Waals surface area contributed by atoms with Crippen LogP contribution < -0.4 is 5.43 Å². The number of nitrogens with one attached hydrogen (secondary N) is 1. The van der Waals surface area contributed by atoms with Gasteiger partial charge in [0, 0.05) is 17.1 Å².